The maximum atomic E-state index is 8.98. The first-order valence-corrected chi connectivity index (χ1v) is 6.51. The number of nitrogens with one attached hydrogen (secondary N) is 1. The lowest BCUT2D eigenvalue weighted by molar-refractivity contribution is 0.372. The van der Waals surface area contributed by atoms with E-state index in [1.54, 1.807) is 0 Å². The Morgan fingerprint density at radius 2 is 2.12 bits per heavy atom. The fourth-order valence-electron chi connectivity index (χ4n) is 2.61. The van der Waals surface area contributed by atoms with Crippen LogP contribution in [0.1, 0.15) is 49.1 Å². The third-order valence-electron chi connectivity index (χ3n) is 3.94. The summed E-state index contributed by atoms with van der Waals surface area (Å²) in [6.45, 7) is 2.98. The van der Waals surface area contributed by atoms with Gasteiger partial charge < -0.3 is 9.88 Å². The molecule has 0 unspecified atom stereocenters. The summed E-state index contributed by atoms with van der Waals surface area (Å²) in [5.74, 6) is 0. The van der Waals surface area contributed by atoms with Crippen molar-refractivity contribution in [3.63, 3.8) is 0 Å². The topological polar surface area (TPSA) is 40.8 Å². The highest BCUT2D eigenvalue weighted by molar-refractivity contribution is 5.34. The van der Waals surface area contributed by atoms with Gasteiger partial charge in [0, 0.05) is 25.3 Å². The fourth-order valence-corrected chi connectivity index (χ4v) is 2.61. The molecule has 0 bridgehead atoms. The van der Waals surface area contributed by atoms with Crippen LogP contribution in [-0.4, -0.2) is 10.6 Å². The Bertz CT molecular complexity index is 419. The second kappa shape index (κ2) is 5.37. The van der Waals surface area contributed by atoms with Gasteiger partial charge in [-0.2, -0.15) is 5.26 Å². The van der Waals surface area contributed by atoms with Crippen molar-refractivity contribution in [2.75, 3.05) is 0 Å². The third-order valence-corrected chi connectivity index (χ3v) is 3.94. The van der Waals surface area contributed by atoms with Crippen LogP contribution in [0.5, 0.6) is 0 Å². The Hall–Kier alpha value is -1.27. The fraction of sp³-hybridized carbons (Fsp3) is 0.643. The van der Waals surface area contributed by atoms with E-state index in [-0.39, 0.29) is 0 Å². The first-order valence-electron chi connectivity index (χ1n) is 6.51. The molecule has 3 nitrogen and oxygen atoms in total. The van der Waals surface area contributed by atoms with Crippen LogP contribution in [0.15, 0.2) is 6.07 Å². The maximum absolute atomic E-state index is 8.98. The molecule has 0 saturated heterocycles. The van der Waals surface area contributed by atoms with Crippen molar-refractivity contribution < 1.29 is 0 Å². The molecule has 17 heavy (non-hydrogen) atoms. The van der Waals surface area contributed by atoms with Gasteiger partial charge in [0.25, 0.3) is 0 Å². The quantitative estimate of drug-likeness (QED) is 0.868. The van der Waals surface area contributed by atoms with Crippen LogP contribution in [0, 0.1) is 18.3 Å². The van der Waals surface area contributed by atoms with E-state index in [2.05, 4.69) is 18.3 Å². The summed E-state index contributed by atoms with van der Waals surface area (Å²) in [5, 5.41) is 12.6. The van der Waals surface area contributed by atoms with Crippen LogP contribution < -0.4 is 5.32 Å². The molecule has 3 heteroatoms. The number of hydrogen-bond acceptors (Lipinski definition) is 2. The number of nitrogens with zero attached hydrogens (tertiary/aromatic N) is 2. The number of aromatic nitrogens is 1. The van der Waals surface area contributed by atoms with E-state index < -0.39 is 0 Å². The molecule has 1 heterocycles. The minimum Gasteiger partial charge on any atom is -0.340 e. The van der Waals surface area contributed by atoms with Gasteiger partial charge in [-0.1, -0.05) is 19.3 Å². The van der Waals surface area contributed by atoms with E-state index in [4.69, 9.17) is 5.26 Å². The summed E-state index contributed by atoms with van der Waals surface area (Å²) >= 11 is 0. The molecule has 1 fully saturated rings. The summed E-state index contributed by atoms with van der Waals surface area (Å²) in [4.78, 5) is 0. The summed E-state index contributed by atoms with van der Waals surface area (Å²) in [6, 6.07) is 4.91. The highest BCUT2D eigenvalue weighted by Crippen LogP contribution is 2.19. The second-order valence-corrected chi connectivity index (χ2v) is 5.03. The summed E-state index contributed by atoms with van der Waals surface area (Å²) in [6.07, 6.45) is 6.71. The molecule has 1 aromatic heterocycles. The molecule has 1 aliphatic carbocycles. The zero-order chi connectivity index (χ0) is 12.3. The number of hydrogen-bond donors (Lipinski definition) is 1. The van der Waals surface area contributed by atoms with Gasteiger partial charge in [-0.3, -0.25) is 0 Å². The lowest BCUT2D eigenvalue weighted by Crippen LogP contribution is -2.30. The minimum absolute atomic E-state index is 0.675. The number of rotatable bonds is 3. The molecule has 0 atom stereocenters. The van der Waals surface area contributed by atoms with Crippen LogP contribution in [0.4, 0.5) is 0 Å². The van der Waals surface area contributed by atoms with Crippen molar-refractivity contribution >= 4 is 0 Å². The van der Waals surface area contributed by atoms with Gasteiger partial charge >= 0.3 is 0 Å². The van der Waals surface area contributed by atoms with Gasteiger partial charge in [0.05, 0.1) is 0 Å². The summed E-state index contributed by atoms with van der Waals surface area (Å²) in [7, 11) is 1.96. The van der Waals surface area contributed by atoms with E-state index >= 15 is 0 Å². The van der Waals surface area contributed by atoms with Crippen molar-refractivity contribution in [3.8, 4) is 6.07 Å². The maximum Gasteiger partial charge on any atom is 0.120 e. The van der Waals surface area contributed by atoms with Crippen molar-refractivity contribution in [2.45, 2.75) is 51.6 Å². The molecule has 1 aliphatic rings. The van der Waals surface area contributed by atoms with Gasteiger partial charge in [-0.15, -0.1) is 0 Å². The predicted octanol–water partition coefficient (Wildman–Crippen LogP) is 2.63. The molecule has 1 aromatic rings. The standard InChI is InChI=1S/C14H21N3/c1-11-12(8-14(9-15)17(11)2)10-16-13-6-4-3-5-7-13/h8,13,16H,3-7,10H2,1-2H3. The molecular weight excluding hydrogens is 210 g/mol. The van der Waals surface area contributed by atoms with E-state index in [1.165, 1.54) is 43.4 Å². The number of nitriles is 1. The van der Waals surface area contributed by atoms with E-state index in [1.807, 2.05) is 17.7 Å². The van der Waals surface area contributed by atoms with Crippen LogP contribution >= 0.6 is 0 Å². The lowest BCUT2D eigenvalue weighted by atomic mass is 9.95. The zero-order valence-corrected chi connectivity index (χ0v) is 10.8. The second-order valence-electron chi connectivity index (χ2n) is 5.03. The lowest BCUT2D eigenvalue weighted by Gasteiger charge is -2.22. The normalized spacial score (nSPS) is 17.0. The van der Waals surface area contributed by atoms with Crippen LogP contribution in [0.3, 0.4) is 0 Å². The summed E-state index contributed by atoms with van der Waals surface area (Å²) < 4.78 is 1.97. The van der Waals surface area contributed by atoms with Crippen LogP contribution in [0.25, 0.3) is 0 Å². The molecule has 0 aliphatic heterocycles. The zero-order valence-electron chi connectivity index (χ0n) is 10.8. The van der Waals surface area contributed by atoms with Crippen molar-refractivity contribution in [1.82, 2.24) is 9.88 Å². The van der Waals surface area contributed by atoms with Crippen molar-refractivity contribution in [1.29, 1.82) is 5.26 Å². The Morgan fingerprint density at radius 3 is 2.71 bits per heavy atom. The molecule has 92 valence electrons. The minimum atomic E-state index is 0.675. The molecule has 0 spiro atoms. The Balaban J connectivity index is 1.97. The molecule has 0 radical (unpaired) electrons. The molecule has 0 aromatic carbocycles. The third kappa shape index (κ3) is 2.70. The molecule has 0 amide bonds. The first-order chi connectivity index (χ1) is 8.22. The Kier molecular flexibility index (Phi) is 3.86. The Labute approximate surface area is 103 Å². The van der Waals surface area contributed by atoms with Gasteiger partial charge in [-0.05, 0) is 31.4 Å². The van der Waals surface area contributed by atoms with E-state index in [9.17, 15) is 0 Å². The molecule has 2 rings (SSSR count). The summed E-state index contributed by atoms with van der Waals surface area (Å²) in [5.41, 5.74) is 3.21. The molecule has 1 N–H and O–H groups in total. The van der Waals surface area contributed by atoms with Gasteiger partial charge in [0.2, 0.25) is 0 Å². The Morgan fingerprint density at radius 1 is 1.41 bits per heavy atom. The highest BCUT2D eigenvalue weighted by Gasteiger charge is 2.14. The molecule has 1 saturated carbocycles. The smallest absolute Gasteiger partial charge is 0.120 e. The largest absolute Gasteiger partial charge is 0.340 e. The van der Waals surface area contributed by atoms with Crippen molar-refractivity contribution in [2.24, 2.45) is 7.05 Å². The van der Waals surface area contributed by atoms with Gasteiger partial charge in [0.15, 0.2) is 0 Å². The van der Waals surface area contributed by atoms with Crippen molar-refractivity contribution in [3.05, 3.63) is 23.0 Å². The van der Waals surface area contributed by atoms with Gasteiger partial charge in [-0.25, -0.2) is 0 Å². The highest BCUT2D eigenvalue weighted by atomic mass is 15.0. The predicted molar refractivity (Wildman–Crippen MR) is 68.6 cm³/mol. The van der Waals surface area contributed by atoms with E-state index in [0.29, 0.717) is 6.04 Å². The molecular formula is C14H21N3. The van der Waals surface area contributed by atoms with Crippen LogP contribution in [0.2, 0.25) is 0 Å². The SMILES string of the molecule is Cc1c(CNC2CCCCC2)cc(C#N)n1C. The average molecular weight is 231 g/mol. The van der Waals surface area contributed by atoms with E-state index in [0.717, 1.165) is 12.2 Å². The monoisotopic (exact) mass is 231 g/mol. The van der Waals surface area contributed by atoms with Crippen LogP contribution in [-0.2, 0) is 13.6 Å². The van der Waals surface area contributed by atoms with Gasteiger partial charge in [0.1, 0.15) is 11.8 Å². The average Bonchev–Trinajstić information content (AvgIpc) is 2.65. The first kappa shape index (κ1) is 12.2.